The molecule has 2 rings (SSSR count). The van der Waals surface area contributed by atoms with Crippen LogP contribution in [0.15, 0.2) is 0 Å². The van der Waals surface area contributed by atoms with Crippen molar-refractivity contribution in [2.75, 3.05) is 30.4 Å². The Hall–Kier alpha value is -1.10. The molecule has 112 valence electrons. The Morgan fingerprint density at radius 1 is 1.15 bits per heavy atom. The largest absolute Gasteiger partial charge is 0.357 e. The molecule has 1 aliphatic heterocycles. The van der Waals surface area contributed by atoms with E-state index in [1.165, 1.54) is 19.3 Å². The van der Waals surface area contributed by atoms with Crippen molar-refractivity contribution in [3.63, 3.8) is 0 Å². The molecule has 0 amide bonds. The molecule has 0 radical (unpaired) electrons. The van der Waals surface area contributed by atoms with Gasteiger partial charge < -0.3 is 10.2 Å². The number of hydrogen-bond donors (Lipinski definition) is 1. The van der Waals surface area contributed by atoms with Crippen LogP contribution in [0.2, 0.25) is 5.28 Å². The molecular formula is C14H24ClN5. The van der Waals surface area contributed by atoms with Crippen LogP contribution in [0.25, 0.3) is 0 Å². The molecule has 1 N–H and O–H groups in total. The van der Waals surface area contributed by atoms with Crippen LogP contribution in [-0.4, -0.2) is 35.1 Å². The van der Waals surface area contributed by atoms with Crippen LogP contribution in [0, 0.1) is 11.3 Å². The number of aromatic nitrogens is 3. The van der Waals surface area contributed by atoms with Crippen molar-refractivity contribution in [2.45, 2.75) is 40.0 Å². The normalized spacial score (nSPS) is 20.6. The summed E-state index contributed by atoms with van der Waals surface area (Å²) in [4.78, 5) is 14.9. The molecule has 0 aliphatic carbocycles. The molecular weight excluding hydrogens is 274 g/mol. The van der Waals surface area contributed by atoms with E-state index in [2.05, 4.69) is 45.9 Å². The first-order chi connectivity index (χ1) is 9.40. The molecule has 1 saturated heterocycles. The molecule has 20 heavy (non-hydrogen) atoms. The third kappa shape index (κ3) is 3.72. The van der Waals surface area contributed by atoms with Crippen LogP contribution in [0.5, 0.6) is 0 Å². The fourth-order valence-corrected chi connectivity index (χ4v) is 2.91. The highest BCUT2D eigenvalue weighted by Crippen LogP contribution is 2.34. The second-order valence-corrected chi connectivity index (χ2v) is 6.80. The van der Waals surface area contributed by atoms with Crippen molar-refractivity contribution in [3.05, 3.63) is 5.28 Å². The average molecular weight is 298 g/mol. The van der Waals surface area contributed by atoms with Gasteiger partial charge in [0.1, 0.15) is 0 Å². The van der Waals surface area contributed by atoms with E-state index >= 15 is 0 Å². The molecule has 1 atom stereocenters. The molecule has 5 nitrogen and oxygen atoms in total. The molecule has 1 aromatic heterocycles. The van der Waals surface area contributed by atoms with Crippen molar-refractivity contribution in [2.24, 2.45) is 11.3 Å². The first-order valence-electron chi connectivity index (χ1n) is 7.24. The summed E-state index contributed by atoms with van der Waals surface area (Å²) in [6, 6.07) is 0. The monoisotopic (exact) mass is 297 g/mol. The summed E-state index contributed by atoms with van der Waals surface area (Å²) in [7, 11) is 1.79. The van der Waals surface area contributed by atoms with Gasteiger partial charge in [-0.15, -0.1) is 0 Å². The minimum atomic E-state index is 0.246. The summed E-state index contributed by atoms with van der Waals surface area (Å²) in [5.41, 5.74) is 0.364. The highest BCUT2D eigenvalue weighted by Gasteiger charge is 2.27. The Morgan fingerprint density at radius 3 is 2.55 bits per heavy atom. The highest BCUT2D eigenvalue weighted by molar-refractivity contribution is 6.28. The summed E-state index contributed by atoms with van der Waals surface area (Å²) < 4.78 is 0. The Kier molecular flexibility index (Phi) is 4.68. The first kappa shape index (κ1) is 15.3. The van der Waals surface area contributed by atoms with Crippen molar-refractivity contribution in [1.82, 2.24) is 15.0 Å². The average Bonchev–Trinajstić information content (AvgIpc) is 2.63. The van der Waals surface area contributed by atoms with Crippen LogP contribution >= 0.6 is 11.6 Å². The molecule has 1 unspecified atom stereocenters. The number of hydrogen-bond acceptors (Lipinski definition) is 5. The number of nitrogens with zero attached hydrogens (tertiary/aromatic N) is 4. The lowest BCUT2D eigenvalue weighted by molar-refractivity contribution is 0.220. The van der Waals surface area contributed by atoms with Crippen LogP contribution in [-0.2, 0) is 0 Å². The van der Waals surface area contributed by atoms with Crippen LogP contribution in [0.4, 0.5) is 11.9 Å². The summed E-state index contributed by atoms with van der Waals surface area (Å²) in [6.07, 6.45) is 3.60. The fourth-order valence-electron chi connectivity index (χ4n) is 2.76. The van der Waals surface area contributed by atoms with E-state index in [9.17, 15) is 0 Å². The lowest BCUT2D eigenvalue weighted by Crippen LogP contribution is -2.28. The summed E-state index contributed by atoms with van der Waals surface area (Å²) >= 11 is 5.96. The SMILES string of the molecule is CNc1nc(Cl)nc(N2CCCC(C(C)(C)C)CC2)n1. The van der Waals surface area contributed by atoms with Gasteiger partial charge in [-0.25, -0.2) is 0 Å². The van der Waals surface area contributed by atoms with E-state index < -0.39 is 0 Å². The zero-order valence-electron chi connectivity index (χ0n) is 12.8. The number of halogens is 1. The Morgan fingerprint density at radius 2 is 1.90 bits per heavy atom. The Bertz CT molecular complexity index is 457. The maximum absolute atomic E-state index is 5.96. The summed E-state index contributed by atoms with van der Waals surface area (Å²) in [5.74, 6) is 1.95. The molecule has 0 spiro atoms. The van der Waals surface area contributed by atoms with Gasteiger partial charge in [-0.1, -0.05) is 20.8 Å². The van der Waals surface area contributed by atoms with Gasteiger partial charge in [0.05, 0.1) is 0 Å². The smallest absolute Gasteiger partial charge is 0.231 e. The molecule has 0 aromatic carbocycles. The third-order valence-electron chi connectivity index (χ3n) is 4.06. The second kappa shape index (κ2) is 6.12. The van der Waals surface area contributed by atoms with E-state index in [1.54, 1.807) is 7.05 Å². The fraction of sp³-hybridized carbons (Fsp3) is 0.786. The van der Waals surface area contributed by atoms with Crippen molar-refractivity contribution >= 4 is 23.5 Å². The highest BCUT2D eigenvalue weighted by atomic mass is 35.5. The molecule has 1 aliphatic rings. The third-order valence-corrected chi connectivity index (χ3v) is 4.22. The van der Waals surface area contributed by atoms with Gasteiger partial charge in [0.2, 0.25) is 17.2 Å². The lowest BCUT2D eigenvalue weighted by Gasteiger charge is -2.29. The van der Waals surface area contributed by atoms with Gasteiger partial charge in [0, 0.05) is 20.1 Å². The van der Waals surface area contributed by atoms with Crippen molar-refractivity contribution in [1.29, 1.82) is 0 Å². The van der Waals surface area contributed by atoms with E-state index in [0.29, 0.717) is 17.3 Å². The quantitative estimate of drug-likeness (QED) is 0.908. The maximum Gasteiger partial charge on any atom is 0.231 e. The molecule has 1 fully saturated rings. The molecule has 6 heteroatoms. The minimum absolute atomic E-state index is 0.246. The Labute approximate surface area is 126 Å². The maximum atomic E-state index is 5.96. The Balaban J connectivity index is 2.12. The standard InChI is InChI=1S/C14H24ClN5/c1-14(2,3)10-6-5-8-20(9-7-10)13-18-11(15)17-12(16-4)19-13/h10H,5-9H2,1-4H3,(H,16,17,18,19). The van der Waals surface area contributed by atoms with Gasteiger partial charge in [0.25, 0.3) is 0 Å². The second-order valence-electron chi connectivity index (χ2n) is 6.46. The van der Waals surface area contributed by atoms with E-state index in [0.717, 1.165) is 19.0 Å². The van der Waals surface area contributed by atoms with Gasteiger partial charge in [0.15, 0.2) is 0 Å². The summed E-state index contributed by atoms with van der Waals surface area (Å²) in [5, 5.41) is 3.17. The van der Waals surface area contributed by atoms with Gasteiger partial charge in [-0.3, -0.25) is 0 Å². The number of nitrogens with one attached hydrogen (secondary N) is 1. The van der Waals surface area contributed by atoms with Crippen LogP contribution < -0.4 is 10.2 Å². The molecule has 0 saturated carbocycles. The molecule has 0 bridgehead atoms. The number of anilines is 2. The zero-order valence-corrected chi connectivity index (χ0v) is 13.5. The summed E-state index contributed by atoms with van der Waals surface area (Å²) in [6.45, 7) is 8.94. The first-order valence-corrected chi connectivity index (χ1v) is 7.62. The molecule has 1 aromatic rings. The predicted octanol–water partition coefficient (Wildman–Crippen LogP) is 3.22. The van der Waals surface area contributed by atoms with E-state index in [4.69, 9.17) is 11.6 Å². The van der Waals surface area contributed by atoms with Gasteiger partial charge in [-0.2, -0.15) is 15.0 Å². The van der Waals surface area contributed by atoms with Gasteiger partial charge >= 0.3 is 0 Å². The number of rotatable bonds is 2. The van der Waals surface area contributed by atoms with Crippen molar-refractivity contribution in [3.8, 4) is 0 Å². The van der Waals surface area contributed by atoms with Crippen LogP contribution in [0.3, 0.4) is 0 Å². The van der Waals surface area contributed by atoms with Crippen molar-refractivity contribution < 1.29 is 0 Å². The van der Waals surface area contributed by atoms with Gasteiger partial charge in [-0.05, 0) is 42.2 Å². The lowest BCUT2D eigenvalue weighted by atomic mass is 9.77. The van der Waals surface area contributed by atoms with E-state index in [1.807, 2.05) is 0 Å². The zero-order chi connectivity index (χ0) is 14.8. The topological polar surface area (TPSA) is 53.9 Å². The molecule has 2 heterocycles. The predicted molar refractivity (Wildman–Crippen MR) is 83.4 cm³/mol. The van der Waals surface area contributed by atoms with E-state index in [-0.39, 0.29) is 5.28 Å². The minimum Gasteiger partial charge on any atom is -0.357 e. The van der Waals surface area contributed by atoms with Crippen LogP contribution in [0.1, 0.15) is 40.0 Å².